The van der Waals surface area contributed by atoms with Gasteiger partial charge in [0.05, 0.1) is 5.84 Å². The second kappa shape index (κ2) is 3.96. The first-order chi connectivity index (χ1) is 7.61. The lowest BCUT2D eigenvalue weighted by Gasteiger charge is -2.07. The van der Waals surface area contributed by atoms with Gasteiger partial charge in [-0.25, -0.2) is 4.99 Å². The highest BCUT2D eigenvalue weighted by atomic mass is 16.2. The number of amidine groups is 1. The van der Waals surface area contributed by atoms with Gasteiger partial charge in [-0.3, -0.25) is 4.79 Å². The average Bonchev–Trinajstić information content (AvgIpc) is 2.55. The van der Waals surface area contributed by atoms with Crippen LogP contribution in [0.1, 0.15) is 41.0 Å². The Morgan fingerprint density at radius 2 is 2.31 bits per heavy atom. The zero-order chi connectivity index (χ0) is 11.7. The van der Waals surface area contributed by atoms with Crippen LogP contribution in [0.15, 0.2) is 23.2 Å². The molecule has 1 unspecified atom stereocenters. The molecular weight excluding hydrogens is 202 g/mol. The summed E-state index contributed by atoms with van der Waals surface area (Å²) < 4.78 is 0. The quantitative estimate of drug-likeness (QED) is 0.582. The smallest absolute Gasteiger partial charge is 0.253 e. The Bertz CT molecular complexity index is 465. The highest BCUT2D eigenvalue weighted by Gasteiger charge is 2.27. The number of aryl methyl sites for hydroxylation is 1. The maximum Gasteiger partial charge on any atom is 0.253 e. The number of carbonyl (C=O) groups is 1. The van der Waals surface area contributed by atoms with Gasteiger partial charge in [0.25, 0.3) is 5.91 Å². The van der Waals surface area contributed by atoms with Crippen molar-refractivity contribution in [1.82, 2.24) is 5.32 Å². The van der Waals surface area contributed by atoms with Crippen LogP contribution in [-0.2, 0) is 0 Å². The molecule has 1 amide bonds. The van der Waals surface area contributed by atoms with Gasteiger partial charge in [0.2, 0.25) is 0 Å². The molecule has 3 N–H and O–H groups in total. The number of aliphatic imine (C=N–C) groups is 1. The third-order valence-electron chi connectivity index (χ3n) is 2.67. The lowest BCUT2D eigenvalue weighted by atomic mass is 10.1. The van der Waals surface area contributed by atoms with Crippen molar-refractivity contribution >= 4 is 11.7 Å². The van der Waals surface area contributed by atoms with Crippen LogP contribution < -0.4 is 11.1 Å². The van der Waals surface area contributed by atoms with Gasteiger partial charge >= 0.3 is 0 Å². The minimum absolute atomic E-state index is 0.0762. The van der Waals surface area contributed by atoms with Crippen LogP contribution in [0.2, 0.25) is 0 Å². The van der Waals surface area contributed by atoms with E-state index in [4.69, 9.17) is 5.73 Å². The van der Waals surface area contributed by atoms with E-state index in [0.29, 0.717) is 17.8 Å². The molecule has 0 spiro atoms. The average molecular weight is 217 g/mol. The van der Waals surface area contributed by atoms with Crippen molar-refractivity contribution < 1.29 is 4.79 Å². The van der Waals surface area contributed by atoms with Gasteiger partial charge in [-0.05, 0) is 13.0 Å². The van der Waals surface area contributed by atoms with Crippen molar-refractivity contribution in [2.75, 3.05) is 0 Å². The molecule has 84 valence electrons. The Morgan fingerprint density at radius 1 is 1.56 bits per heavy atom. The van der Waals surface area contributed by atoms with Crippen molar-refractivity contribution in [3.63, 3.8) is 0 Å². The van der Waals surface area contributed by atoms with Crippen molar-refractivity contribution in [1.29, 1.82) is 0 Å². The molecule has 0 bridgehead atoms. The summed E-state index contributed by atoms with van der Waals surface area (Å²) in [4.78, 5) is 15.9. The van der Waals surface area contributed by atoms with Crippen molar-refractivity contribution in [2.24, 2.45) is 10.7 Å². The summed E-state index contributed by atoms with van der Waals surface area (Å²) in [6.45, 7) is 3.93. The molecule has 1 aliphatic rings. The van der Waals surface area contributed by atoms with Crippen LogP contribution in [0.25, 0.3) is 0 Å². The molecule has 0 fully saturated rings. The third-order valence-corrected chi connectivity index (χ3v) is 2.67. The summed E-state index contributed by atoms with van der Waals surface area (Å²) in [6.07, 6.45) is 0.371. The molecule has 0 aliphatic carbocycles. The topological polar surface area (TPSA) is 67.5 Å². The van der Waals surface area contributed by atoms with Crippen LogP contribution in [0.4, 0.5) is 0 Å². The molecule has 0 saturated heterocycles. The number of fused-ring (bicyclic) bond motifs is 1. The van der Waals surface area contributed by atoms with Gasteiger partial charge in [-0.1, -0.05) is 24.6 Å². The fourth-order valence-corrected chi connectivity index (χ4v) is 1.75. The second-order valence-corrected chi connectivity index (χ2v) is 3.94. The number of nitrogens with zero attached hydrogens (tertiary/aromatic N) is 1. The standard InChI is InChI=1S/C12H15N3O/c1-3-10(13)14-11-9-6-7(2)4-5-8(9)12(16)15-11/h4-6,11H,3H2,1-2H3,(H2,13,14)(H,15,16). The van der Waals surface area contributed by atoms with Gasteiger partial charge in [-0.15, -0.1) is 0 Å². The largest absolute Gasteiger partial charge is 0.387 e. The molecule has 2 rings (SSSR count). The van der Waals surface area contributed by atoms with Gasteiger partial charge < -0.3 is 11.1 Å². The second-order valence-electron chi connectivity index (χ2n) is 3.94. The normalized spacial score (nSPS) is 19.5. The molecule has 1 atom stereocenters. The molecule has 4 nitrogen and oxygen atoms in total. The summed E-state index contributed by atoms with van der Waals surface area (Å²) in [6, 6.07) is 5.73. The number of nitrogens with two attached hydrogens (primary N) is 1. The van der Waals surface area contributed by atoms with E-state index in [1.54, 1.807) is 0 Å². The van der Waals surface area contributed by atoms with Gasteiger partial charge in [-0.2, -0.15) is 0 Å². The molecular formula is C12H15N3O. The first-order valence-electron chi connectivity index (χ1n) is 5.35. The van der Waals surface area contributed by atoms with Crippen LogP contribution in [0.3, 0.4) is 0 Å². The molecule has 1 aromatic carbocycles. The number of nitrogens with one attached hydrogen (secondary N) is 1. The fourth-order valence-electron chi connectivity index (χ4n) is 1.75. The van der Waals surface area contributed by atoms with Crippen molar-refractivity contribution in [3.05, 3.63) is 34.9 Å². The molecule has 1 aliphatic heterocycles. The van der Waals surface area contributed by atoms with Gasteiger partial charge in [0.1, 0.15) is 6.17 Å². The van der Waals surface area contributed by atoms with Gasteiger partial charge in [0.15, 0.2) is 0 Å². The molecule has 16 heavy (non-hydrogen) atoms. The van der Waals surface area contributed by atoms with E-state index in [-0.39, 0.29) is 12.1 Å². The van der Waals surface area contributed by atoms with Crippen molar-refractivity contribution in [3.8, 4) is 0 Å². The zero-order valence-corrected chi connectivity index (χ0v) is 9.45. The summed E-state index contributed by atoms with van der Waals surface area (Å²) in [5.41, 5.74) is 8.42. The molecule has 4 heteroatoms. The minimum Gasteiger partial charge on any atom is -0.387 e. The molecule has 0 saturated carbocycles. The maximum absolute atomic E-state index is 11.6. The molecule has 1 heterocycles. The lowest BCUT2D eigenvalue weighted by molar-refractivity contribution is 0.0957. The van der Waals surface area contributed by atoms with E-state index >= 15 is 0 Å². The Balaban J connectivity index is 2.42. The number of amides is 1. The Kier molecular flexibility index (Phi) is 2.64. The number of hydrogen-bond acceptors (Lipinski definition) is 2. The van der Waals surface area contributed by atoms with Crippen LogP contribution in [0.5, 0.6) is 0 Å². The Labute approximate surface area is 94.6 Å². The van der Waals surface area contributed by atoms with Crippen molar-refractivity contribution in [2.45, 2.75) is 26.4 Å². The van der Waals surface area contributed by atoms with Crippen LogP contribution in [-0.4, -0.2) is 11.7 Å². The molecule has 0 radical (unpaired) electrons. The summed E-state index contributed by atoms with van der Waals surface area (Å²) in [7, 11) is 0. The predicted octanol–water partition coefficient (Wildman–Crippen LogP) is 1.50. The summed E-state index contributed by atoms with van der Waals surface area (Å²) in [5, 5.41) is 2.81. The fraction of sp³-hybridized carbons (Fsp3) is 0.333. The number of hydrogen-bond donors (Lipinski definition) is 2. The third kappa shape index (κ3) is 1.78. The minimum atomic E-state index is -0.317. The number of carbonyl (C=O) groups excluding carboxylic acids is 1. The predicted molar refractivity (Wildman–Crippen MR) is 63.3 cm³/mol. The van der Waals surface area contributed by atoms with Crippen LogP contribution in [0, 0.1) is 6.92 Å². The SMILES string of the molecule is CCC(N)=NC1NC(=O)c2ccc(C)cc21. The maximum atomic E-state index is 11.6. The lowest BCUT2D eigenvalue weighted by Crippen LogP contribution is -2.21. The first-order valence-corrected chi connectivity index (χ1v) is 5.35. The Morgan fingerprint density at radius 3 is 3.00 bits per heavy atom. The van der Waals surface area contributed by atoms with E-state index in [0.717, 1.165) is 11.1 Å². The first kappa shape index (κ1) is 10.7. The highest BCUT2D eigenvalue weighted by Crippen LogP contribution is 2.27. The molecule has 0 aromatic heterocycles. The van der Waals surface area contributed by atoms with E-state index in [1.165, 1.54) is 0 Å². The highest BCUT2D eigenvalue weighted by molar-refractivity contribution is 5.99. The van der Waals surface area contributed by atoms with Gasteiger partial charge in [0, 0.05) is 17.5 Å². The summed E-state index contributed by atoms with van der Waals surface area (Å²) >= 11 is 0. The van der Waals surface area contributed by atoms with Crippen LogP contribution >= 0.6 is 0 Å². The van der Waals surface area contributed by atoms with E-state index in [2.05, 4.69) is 10.3 Å². The van der Waals surface area contributed by atoms with E-state index in [9.17, 15) is 4.79 Å². The van der Waals surface area contributed by atoms with E-state index in [1.807, 2.05) is 32.0 Å². The Hall–Kier alpha value is -1.84. The number of benzene rings is 1. The molecule has 1 aromatic rings. The van der Waals surface area contributed by atoms with E-state index < -0.39 is 0 Å². The summed E-state index contributed by atoms with van der Waals surface area (Å²) in [5.74, 6) is 0.479. The number of rotatable bonds is 2. The zero-order valence-electron chi connectivity index (χ0n) is 9.45. The monoisotopic (exact) mass is 217 g/mol.